The van der Waals surface area contributed by atoms with Crippen molar-refractivity contribution in [2.24, 2.45) is 0 Å². The first kappa shape index (κ1) is 12.4. The van der Waals surface area contributed by atoms with Crippen molar-refractivity contribution >= 4 is 5.69 Å². The Bertz CT molecular complexity index is 341. The maximum absolute atomic E-state index is 3.58. The van der Waals surface area contributed by atoms with Crippen molar-refractivity contribution < 1.29 is 0 Å². The van der Waals surface area contributed by atoms with Crippen LogP contribution in [0.5, 0.6) is 0 Å². The lowest BCUT2D eigenvalue weighted by Gasteiger charge is -2.18. The second-order valence-electron chi connectivity index (χ2n) is 5.22. The van der Waals surface area contributed by atoms with Gasteiger partial charge in [-0.15, -0.1) is 0 Å². The van der Waals surface area contributed by atoms with Gasteiger partial charge in [0.15, 0.2) is 0 Å². The molecule has 0 saturated carbocycles. The van der Waals surface area contributed by atoms with Gasteiger partial charge in [0.25, 0.3) is 0 Å². The Morgan fingerprint density at radius 1 is 1.18 bits per heavy atom. The maximum atomic E-state index is 3.58. The van der Waals surface area contributed by atoms with Crippen LogP contribution in [-0.4, -0.2) is 31.1 Å². The lowest BCUT2D eigenvalue weighted by Crippen LogP contribution is -2.26. The standard InChI is InChI=1S/C15H24N2/c1-13(2)14-7-3-4-8-15(14)16-9-12-17-10-5-6-11-17/h3-4,7-8,13,16H,5-6,9-12H2,1-2H3. The van der Waals surface area contributed by atoms with E-state index in [1.807, 2.05) is 0 Å². The summed E-state index contributed by atoms with van der Waals surface area (Å²) in [5.74, 6) is 0.588. The second-order valence-corrected chi connectivity index (χ2v) is 5.22. The summed E-state index contributed by atoms with van der Waals surface area (Å²) in [5, 5.41) is 3.58. The van der Waals surface area contributed by atoms with Crippen molar-refractivity contribution in [1.82, 2.24) is 4.90 Å². The minimum Gasteiger partial charge on any atom is -0.384 e. The average Bonchev–Trinajstić information content (AvgIpc) is 2.82. The topological polar surface area (TPSA) is 15.3 Å². The normalized spacial score (nSPS) is 16.6. The summed E-state index contributed by atoms with van der Waals surface area (Å²) in [5.41, 5.74) is 2.73. The number of likely N-dealkylation sites (tertiary alicyclic amines) is 1. The van der Waals surface area contributed by atoms with E-state index in [1.165, 1.54) is 43.7 Å². The Balaban J connectivity index is 1.85. The first-order chi connectivity index (χ1) is 8.27. The van der Waals surface area contributed by atoms with Crippen LogP contribution in [0.25, 0.3) is 0 Å². The van der Waals surface area contributed by atoms with Gasteiger partial charge < -0.3 is 10.2 Å². The first-order valence-electron chi connectivity index (χ1n) is 6.82. The van der Waals surface area contributed by atoms with Crippen molar-refractivity contribution in [3.8, 4) is 0 Å². The van der Waals surface area contributed by atoms with Crippen LogP contribution in [0.2, 0.25) is 0 Å². The highest BCUT2D eigenvalue weighted by Gasteiger charge is 2.11. The van der Waals surface area contributed by atoms with Crippen LogP contribution in [0, 0.1) is 0 Å². The molecule has 1 aromatic rings. The van der Waals surface area contributed by atoms with Crippen molar-refractivity contribution in [3.63, 3.8) is 0 Å². The van der Waals surface area contributed by atoms with Gasteiger partial charge in [-0.1, -0.05) is 32.0 Å². The largest absolute Gasteiger partial charge is 0.384 e. The molecule has 1 N–H and O–H groups in total. The molecule has 0 aliphatic carbocycles. The summed E-state index contributed by atoms with van der Waals surface area (Å²) < 4.78 is 0. The molecule has 0 atom stereocenters. The fourth-order valence-corrected chi connectivity index (χ4v) is 2.52. The van der Waals surface area contributed by atoms with Crippen LogP contribution in [0.15, 0.2) is 24.3 Å². The zero-order valence-corrected chi connectivity index (χ0v) is 11.1. The molecular formula is C15H24N2. The fourth-order valence-electron chi connectivity index (χ4n) is 2.52. The quantitative estimate of drug-likeness (QED) is 0.838. The third-order valence-electron chi connectivity index (χ3n) is 3.52. The minimum atomic E-state index is 0.588. The lowest BCUT2D eigenvalue weighted by molar-refractivity contribution is 0.352. The summed E-state index contributed by atoms with van der Waals surface area (Å²) in [7, 11) is 0. The van der Waals surface area contributed by atoms with Gasteiger partial charge in [0.1, 0.15) is 0 Å². The van der Waals surface area contributed by atoms with Gasteiger partial charge in [-0.2, -0.15) is 0 Å². The lowest BCUT2D eigenvalue weighted by atomic mass is 10.0. The molecule has 1 aliphatic rings. The van der Waals surface area contributed by atoms with E-state index in [0.29, 0.717) is 5.92 Å². The molecule has 0 unspecified atom stereocenters. The summed E-state index contributed by atoms with van der Waals surface area (Å²) in [6.07, 6.45) is 2.76. The number of rotatable bonds is 5. The predicted octanol–water partition coefficient (Wildman–Crippen LogP) is 3.32. The zero-order valence-electron chi connectivity index (χ0n) is 11.1. The second kappa shape index (κ2) is 6.06. The maximum Gasteiger partial charge on any atom is 0.0375 e. The summed E-state index contributed by atoms with van der Waals surface area (Å²) >= 11 is 0. The molecule has 1 aliphatic heterocycles. The van der Waals surface area contributed by atoms with Crippen LogP contribution in [-0.2, 0) is 0 Å². The van der Waals surface area contributed by atoms with E-state index in [2.05, 4.69) is 48.3 Å². The summed E-state index contributed by atoms with van der Waals surface area (Å²) in [4.78, 5) is 2.55. The average molecular weight is 232 g/mol. The van der Waals surface area contributed by atoms with Gasteiger partial charge in [0.05, 0.1) is 0 Å². The fraction of sp³-hybridized carbons (Fsp3) is 0.600. The third-order valence-corrected chi connectivity index (χ3v) is 3.52. The van der Waals surface area contributed by atoms with Crippen LogP contribution in [0.4, 0.5) is 5.69 Å². The van der Waals surface area contributed by atoms with Gasteiger partial charge >= 0.3 is 0 Å². The molecule has 0 aromatic heterocycles. The molecule has 2 heteroatoms. The Morgan fingerprint density at radius 2 is 1.88 bits per heavy atom. The molecule has 0 amide bonds. The number of para-hydroxylation sites is 1. The molecule has 1 fully saturated rings. The number of benzene rings is 1. The van der Waals surface area contributed by atoms with Gasteiger partial charge in [0.2, 0.25) is 0 Å². The van der Waals surface area contributed by atoms with Crippen molar-refractivity contribution in [1.29, 1.82) is 0 Å². The van der Waals surface area contributed by atoms with E-state index in [4.69, 9.17) is 0 Å². The molecule has 17 heavy (non-hydrogen) atoms. The Labute approximate surface area is 105 Å². The van der Waals surface area contributed by atoms with Gasteiger partial charge in [-0.05, 0) is 43.5 Å². The van der Waals surface area contributed by atoms with Crippen LogP contribution in [0.3, 0.4) is 0 Å². The van der Waals surface area contributed by atoms with Crippen LogP contribution >= 0.6 is 0 Å². The predicted molar refractivity (Wildman–Crippen MR) is 74.7 cm³/mol. The number of anilines is 1. The molecule has 0 spiro atoms. The van der Waals surface area contributed by atoms with Gasteiger partial charge in [-0.25, -0.2) is 0 Å². The highest BCUT2D eigenvalue weighted by molar-refractivity contribution is 5.52. The van der Waals surface area contributed by atoms with E-state index < -0.39 is 0 Å². The van der Waals surface area contributed by atoms with E-state index in [-0.39, 0.29) is 0 Å². The van der Waals surface area contributed by atoms with Crippen molar-refractivity contribution in [3.05, 3.63) is 29.8 Å². The van der Waals surface area contributed by atoms with Gasteiger partial charge in [0, 0.05) is 18.8 Å². The number of nitrogens with one attached hydrogen (secondary N) is 1. The zero-order chi connectivity index (χ0) is 12.1. The van der Waals surface area contributed by atoms with Crippen molar-refractivity contribution in [2.75, 3.05) is 31.5 Å². The monoisotopic (exact) mass is 232 g/mol. The Hall–Kier alpha value is -1.02. The van der Waals surface area contributed by atoms with Crippen LogP contribution < -0.4 is 5.32 Å². The van der Waals surface area contributed by atoms with Crippen LogP contribution in [0.1, 0.15) is 38.2 Å². The first-order valence-corrected chi connectivity index (χ1v) is 6.82. The summed E-state index contributed by atoms with van der Waals surface area (Å²) in [6.45, 7) is 9.30. The Morgan fingerprint density at radius 3 is 2.59 bits per heavy atom. The molecule has 1 heterocycles. The smallest absolute Gasteiger partial charge is 0.0375 e. The van der Waals surface area contributed by atoms with E-state index in [0.717, 1.165) is 6.54 Å². The Kier molecular flexibility index (Phi) is 4.43. The molecule has 1 saturated heterocycles. The molecule has 2 rings (SSSR count). The molecule has 1 aromatic carbocycles. The molecule has 0 radical (unpaired) electrons. The SMILES string of the molecule is CC(C)c1ccccc1NCCN1CCCC1. The van der Waals surface area contributed by atoms with E-state index in [1.54, 1.807) is 0 Å². The van der Waals surface area contributed by atoms with Gasteiger partial charge in [-0.3, -0.25) is 0 Å². The number of hydrogen-bond acceptors (Lipinski definition) is 2. The third kappa shape index (κ3) is 3.47. The molecule has 0 bridgehead atoms. The summed E-state index contributed by atoms with van der Waals surface area (Å²) in [6, 6.07) is 8.66. The molecule has 94 valence electrons. The molecule has 2 nitrogen and oxygen atoms in total. The minimum absolute atomic E-state index is 0.588. The van der Waals surface area contributed by atoms with Crippen molar-refractivity contribution in [2.45, 2.75) is 32.6 Å². The van der Waals surface area contributed by atoms with E-state index in [9.17, 15) is 0 Å². The highest BCUT2D eigenvalue weighted by Crippen LogP contribution is 2.23. The van der Waals surface area contributed by atoms with E-state index >= 15 is 0 Å². The number of nitrogens with zero attached hydrogens (tertiary/aromatic N) is 1. The highest BCUT2D eigenvalue weighted by atomic mass is 15.1. The number of hydrogen-bond donors (Lipinski definition) is 1. The molecular weight excluding hydrogens is 208 g/mol.